The average Bonchev–Trinajstić information content (AvgIpc) is 2.09. The summed E-state index contributed by atoms with van der Waals surface area (Å²) in [4.78, 5) is 22.3. The molecule has 1 heterocycles. The van der Waals surface area contributed by atoms with Gasteiger partial charge >= 0.3 is 0 Å². The lowest BCUT2D eigenvalue weighted by Gasteiger charge is -2.26. The molecule has 5 nitrogen and oxygen atoms in total. The van der Waals surface area contributed by atoms with Crippen LogP contribution in [-0.4, -0.2) is 29.9 Å². The number of hydrogen-bond acceptors (Lipinski definition) is 3. The molecule has 1 rings (SSSR count). The van der Waals surface area contributed by atoms with Gasteiger partial charge < -0.3 is 5.73 Å². The zero-order valence-electron chi connectivity index (χ0n) is 7.58. The molecule has 13 heavy (non-hydrogen) atoms. The normalized spacial score (nSPS) is 17.3. The Morgan fingerprint density at radius 3 is 2.92 bits per heavy atom. The molecule has 74 valence electrons. The zero-order chi connectivity index (χ0) is 9.68. The lowest BCUT2D eigenvalue weighted by Crippen LogP contribution is -2.48. The molecule has 0 aliphatic carbocycles. The molecular weight excluding hydrogens is 170 g/mol. The molecule has 0 aromatic carbocycles. The highest BCUT2D eigenvalue weighted by Crippen LogP contribution is 2.07. The van der Waals surface area contributed by atoms with Crippen LogP contribution >= 0.6 is 0 Å². The van der Waals surface area contributed by atoms with Gasteiger partial charge in [0.25, 0.3) is 0 Å². The van der Waals surface area contributed by atoms with Crippen LogP contribution in [0.5, 0.6) is 0 Å². The number of rotatable bonds is 3. The number of nitrogens with one attached hydrogen (secondary N) is 1. The predicted molar refractivity (Wildman–Crippen MR) is 47.4 cm³/mol. The van der Waals surface area contributed by atoms with Gasteiger partial charge in [-0.05, 0) is 12.8 Å². The predicted octanol–water partition coefficient (Wildman–Crippen LogP) is -0.621. The van der Waals surface area contributed by atoms with Crippen molar-refractivity contribution in [1.29, 1.82) is 0 Å². The second kappa shape index (κ2) is 4.81. The van der Waals surface area contributed by atoms with Crippen molar-refractivity contribution in [2.24, 2.45) is 5.73 Å². The van der Waals surface area contributed by atoms with E-state index in [9.17, 15) is 9.59 Å². The maximum atomic E-state index is 11.2. The molecule has 5 heteroatoms. The summed E-state index contributed by atoms with van der Waals surface area (Å²) < 4.78 is 0. The van der Waals surface area contributed by atoms with Crippen LogP contribution in [0, 0.1) is 0 Å². The van der Waals surface area contributed by atoms with Crippen LogP contribution in [-0.2, 0) is 9.59 Å². The Morgan fingerprint density at radius 1 is 1.54 bits per heavy atom. The smallest absolute Gasteiger partial charge is 0.240 e. The van der Waals surface area contributed by atoms with E-state index in [-0.39, 0.29) is 18.2 Å². The molecule has 2 amide bonds. The summed E-state index contributed by atoms with van der Waals surface area (Å²) in [5.41, 5.74) is 7.74. The van der Waals surface area contributed by atoms with Crippen molar-refractivity contribution in [3.05, 3.63) is 0 Å². The minimum Gasteiger partial charge on any atom is -0.330 e. The Hall–Kier alpha value is -1.10. The van der Waals surface area contributed by atoms with Crippen LogP contribution in [0.3, 0.4) is 0 Å². The highest BCUT2D eigenvalue weighted by atomic mass is 16.2. The standard InChI is InChI=1S/C8H15N3O2/c9-5-4-7(12)10-11-6-2-1-3-8(11)13/h1-6,9H2,(H,10,12). The van der Waals surface area contributed by atoms with Gasteiger partial charge in [-0.1, -0.05) is 0 Å². The third-order valence-electron chi connectivity index (χ3n) is 1.95. The lowest BCUT2D eigenvalue weighted by atomic mass is 10.1. The molecule has 0 unspecified atom stereocenters. The van der Waals surface area contributed by atoms with Gasteiger partial charge in [-0.25, -0.2) is 0 Å². The van der Waals surface area contributed by atoms with E-state index >= 15 is 0 Å². The fourth-order valence-corrected chi connectivity index (χ4v) is 1.26. The third-order valence-corrected chi connectivity index (χ3v) is 1.95. The molecule has 1 saturated heterocycles. The van der Waals surface area contributed by atoms with Crippen LogP contribution in [0.2, 0.25) is 0 Å². The summed E-state index contributed by atoms with van der Waals surface area (Å²) in [6.45, 7) is 0.934. The molecule has 0 spiro atoms. The molecule has 1 fully saturated rings. The van der Waals surface area contributed by atoms with Crippen molar-refractivity contribution >= 4 is 11.8 Å². The molecule has 0 aromatic heterocycles. The van der Waals surface area contributed by atoms with Gasteiger partial charge in [0.1, 0.15) is 0 Å². The number of carbonyl (C=O) groups is 2. The monoisotopic (exact) mass is 185 g/mol. The minimum absolute atomic E-state index is 0.00313. The van der Waals surface area contributed by atoms with Crippen LogP contribution in [0.4, 0.5) is 0 Å². The fraction of sp³-hybridized carbons (Fsp3) is 0.750. The van der Waals surface area contributed by atoms with E-state index in [1.165, 1.54) is 5.01 Å². The van der Waals surface area contributed by atoms with Gasteiger partial charge in [0.15, 0.2) is 0 Å². The number of hydrazine groups is 1. The summed E-state index contributed by atoms with van der Waals surface area (Å²) in [7, 11) is 0. The highest BCUT2D eigenvalue weighted by molar-refractivity contribution is 5.82. The quantitative estimate of drug-likeness (QED) is 0.615. The Morgan fingerprint density at radius 2 is 2.31 bits per heavy atom. The maximum Gasteiger partial charge on any atom is 0.240 e. The number of nitrogens with two attached hydrogens (primary N) is 1. The van der Waals surface area contributed by atoms with Crippen molar-refractivity contribution in [3.8, 4) is 0 Å². The topological polar surface area (TPSA) is 75.4 Å². The molecule has 1 aliphatic rings. The largest absolute Gasteiger partial charge is 0.330 e. The summed E-state index contributed by atoms with van der Waals surface area (Å²) >= 11 is 0. The van der Waals surface area contributed by atoms with E-state index < -0.39 is 0 Å². The van der Waals surface area contributed by atoms with Gasteiger partial charge in [-0.15, -0.1) is 0 Å². The summed E-state index contributed by atoms with van der Waals surface area (Å²) in [5, 5.41) is 1.39. The summed E-state index contributed by atoms with van der Waals surface area (Å²) in [5.74, 6) is -0.186. The first-order valence-electron chi connectivity index (χ1n) is 4.54. The van der Waals surface area contributed by atoms with Gasteiger partial charge in [-0.2, -0.15) is 0 Å². The fourth-order valence-electron chi connectivity index (χ4n) is 1.26. The van der Waals surface area contributed by atoms with Crippen LogP contribution in [0.1, 0.15) is 25.7 Å². The number of amides is 2. The Kier molecular flexibility index (Phi) is 3.70. The lowest BCUT2D eigenvalue weighted by molar-refractivity contribution is -0.143. The zero-order valence-corrected chi connectivity index (χ0v) is 7.58. The number of nitrogens with zero attached hydrogens (tertiary/aromatic N) is 1. The van der Waals surface area contributed by atoms with Crippen molar-refractivity contribution in [1.82, 2.24) is 10.4 Å². The van der Waals surface area contributed by atoms with E-state index in [1.54, 1.807) is 0 Å². The molecule has 0 saturated carbocycles. The number of carbonyl (C=O) groups excluding carboxylic acids is 2. The molecule has 0 bridgehead atoms. The molecule has 0 atom stereocenters. The minimum atomic E-state index is -0.183. The Labute approximate surface area is 77.2 Å². The van der Waals surface area contributed by atoms with Crippen LogP contribution in [0.15, 0.2) is 0 Å². The molecule has 1 aliphatic heterocycles. The third kappa shape index (κ3) is 3.02. The SMILES string of the molecule is NCCC(=O)NN1CCCCC1=O. The maximum absolute atomic E-state index is 11.2. The highest BCUT2D eigenvalue weighted by Gasteiger charge is 2.19. The first-order chi connectivity index (χ1) is 6.24. The molecule has 3 N–H and O–H groups in total. The Bertz CT molecular complexity index is 206. The summed E-state index contributed by atoms with van der Waals surface area (Å²) in [6, 6.07) is 0. The first kappa shape index (κ1) is 9.98. The number of hydrogen-bond donors (Lipinski definition) is 2. The molecule has 0 aromatic rings. The van der Waals surface area contributed by atoms with Gasteiger partial charge in [0.2, 0.25) is 11.8 Å². The van der Waals surface area contributed by atoms with Crippen molar-refractivity contribution in [2.45, 2.75) is 25.7 Å². The van der Waals surface area contributed by atoms with Crippen molar-refractivity contribution in [3.63, 3.8) is 0 Å². The Balaban J connectivity index is 2.33. The van der Waals surface area contributed by atoms with Crippen LogP contribution in [0.25, 0.3) is 0 Å². The van der Waals surface area contributed by atoms with E-state index in [0.717, 1.165) is 12.8 Å². The molecular formula is C8H15N3O2. The van der Waals surface area contributed by atoms with E-state index in [4.69, 9.17) is 5.73 Å². The van der Waals surface area contributed by atoms with Crippen molar-refractivity contribution in [2.75, 3.05) is 13.1 Å². The van der Waals surface area contributed by atoms with E-state index in [2.05, 4.69) is 5.43 Å². The second-order valence-corrected chi connectivity index (χ2v) is 3.08. The molecule has 0 radical (unpaired) electrons. The second-order valence-electron chi connectivity index (χ2n) is 3.08. The number of piperidine rings is 1. The average molecular weight is 185 g/mol. The van der Waals surface area contributed by atoms with Crippen LogP contribution < -0.4 is 11.2 Å². The van der Waals surface area contributed by atoms with Gasteiger partial charge in [0.05, 0.1) is 0 Å². The first-order valence-corrected chi connectivity index (χ1v) is 4.54. The van der Waals surface area contributed by atoms with Crippen molar-refractivity contribution < 1.29 is 9.59 Å². The van der Waals surface area contributed by atoms with Gasteiger partial charge in [-0.3, -0.25) is 20.0 Å². The van der Waals surface area contributed by atoms with Gasteiger partial charge in [0, 0.05) is 25.9 Å². The van der Waals surface area contributed by atoms with E-state index in [1.807, 2.05) is 0 Å². The van der Waals surface area contributed by atoms with E-state index in [0.29, 0.717) is 19.5 Å². The summed E-state index contributed by atoms with van der Waals surface area (Å²) in [6.07, 6.45) is 2.67.